The van der Waals surface area contributed by atoms with Crippen molar-refractivity contribution in [3.05, 3.63) is 29.8 Å². The fourth-order valence-corrected chi connectivity index (χ4v) is 2.71. The van der Waals surface area contributed by atoms with E-state index in [0.29, 0.717) is 12.3 Å². The Labute approximate surface area is 121 Å². The van der Waals surface area contributed by atoms with Crippen LogP contribution in [0, 0.1) is 0 Å². The van der Waals surface area contributed by atoms with Crippen molar-refractivity contribution in [2.24, 2.45) is 0 Å². The van der Waals surface area contributed by atoms with Gasteiger partial charge in [-0.25, -0.2) is 0 Å². The molecule has 0 saturated carbocycles. The summed E-state index contributed by atoms with van der Waals surface area (Å²) in [5.74, 6) is 1.64. The number of nitrogens with zero attached hydrogens (tertiary/aromatic N) is 1. The SMILES string of the molecule is CNCCCC(=O)N1CCC(c2ccc(OC)cc2)C1. The van der Waals surface area contributed by atoms with Crippen molar-refractivity contribution in [3.63, 3.8) is 0 Å². The number of hydrogen-bond acceptors (Lipinski definition) is 3. The predicted molar refractivity (Wildman–Crippen MR) is 80.1 cm³/mol. The summed E-state index contributed by atoms with van der Waals surface area (Å²) in [5, 5.41) is 3.08. The summed E-state index contributed by atoms with van der Waals surface area (Å²) in [6.07, 6.45) is 2.62. The maximum absolute atomic E-state index is 12.1. The van der Waals surface area contributed by atoms with E-state index in [9.17, 15) is 4.79 Å². The van der Waals surface area contributed by atoms with Gasteiger partial charge in [-0.2, -0.15) is 0 Å². The van der Waals surface area contributed by atoms with E-state index in [1.54, 1.807) is 7.11 Å². The van der Waals surface area contributed by atoms with Crippen LogP contribution in [0.5, 0.6) is 5.75 Å². The topological polar surface area (TPSA) is 41.6 Å². The highest BCUT2D eigenvalue weighted by atomic mass is 16.5. The lowest BCUT2D eigenvalue weighted by Gasteiger charge is -2.17. The van der Waals surface area contributed by atoms with E-state index in [1.165, 1.54) is 5.56 Å². The summed E-state index contributed by atoms with van der Waals surface area (Å²) in [7, 11) is 3.59. The van der Waals surface area contributed by atoms with Crippen molar-refractivity contribution in [2.75, 3.05) is 33.8 Å². The minimum Gasteiger partial charge on any atom is -0.497 e. The zero-order valence-electron chi connectivity index (χ0n) is 12.4. The van der Waals surface area contributed by atoms with Gasteiger partial charge in [0.2, 0.25) is 5.91 Å². The molecule has 1 aromatic carbocycles. The first-order chi connectivity index (χ1) is 9.74. The molecule has 1 amide bonds. The molecule has 0 bridgehead atoms. The second-order valence-electron chi connectivity index (χ2n) is 5.31. The van der Waals surface area contributed by atoms with E-state index in [2.05, 4.69) is 17.4 Å². The number of carbonyl (C=O) groups excluding carboxylic acids is 1. The number of benzene rings is 1. The molecule has 1 aromatic rings. The second-order valence-corrected chi connectivity index (χ2v) is 5.31. The minimum atomic E-state index is 0.288. The van der Waals surface area contributed by atoms with E-state index >= 15 is 0 Å². The van der Waals surface area contributed by atoms with Gasteiger partial charge in [-0.1, -0.05) is 12.1 Å². The van der Waals surface area contributed by atoms with Crippen LogP contribution in [-0.4, -0.2) is 44.6 Å². The highest BCUT2D eigenvalue weighted by Gasteiger charge is 2.26. The molecular formula is C16H24N2O2. The van der Waals surface area contributed by atoms with E-state index in [4.69, 9.17) is 4.74 Å². The van der Waals surface area contributed by atoms with Crippen LogP contribution in [0.25, 0.3) is 0 Å². The van der Waals surface area contributed by atoms with Crippen molar-refractivity contribution in [1.29, 1.82) is 0 Å². The molecule has 1 unspecified atom stereocenters. The highest BCUT2D eigenvalue weighted by Crippen LogP contribution is 2.28. The summed E-state index contributed by atoms with van der Waals surface area (Å²) < 4.78 is 5.18. The molecule has 1 fully saturated rings. The van der Waals surface area contributed by atoms with Crippen molar-refractivity contribution in [1.82, 2.24) is 10.2 Å². The smallest absolute Gasteiger partial charge is 0.222 e. The maximum Gasteiger partial charge on any atom is 0.222 e. The Balaban J connectivity index is 1.86. The molecule has 1 aliphatic heterocycles. The Morgan fingerprint density at radius 2 is 2.15 bits per heavy atom. The van der Waals surface area contributed by atoms with Crippen molar-refractivity contribution in [3.8, 4) is 5.75 Å². The number of rotatable bonds is 6. The average molecular weight is 276 g/mol. The van der Waals surface area contributed by atoms with E-state index in [-0.39, 0.29) is 5.91 Å². The van der Waals surface area contributed by atoms with Crippen molar-refractivity contribution >= 4 is 5.91 Å². The van der Waals surface area contributed by atoms with Crippen LogP contribution in [0.4, 0.5) is 0 Å². The van der Waals surface area contributed by atoms with Gasteiger partial charge in [0.25, 0.3) is 0 Å². The molecule has 1 N–H and O–H groups in total. The summed E-state index contributed by atoms with van der Waals surface area (Å²) in [5.41, 5.74) is 1.30. The predicted octanol–water partition coefficient (Wildman–Crippen LogP) is 2.01. The van der Waals surface area contributed by atoms with Gasteiger partial charge in [-0.05, 0) is 44.1 Å². The molecular weight excluding hydrogens is 252 g/mol. The van der Waals surface area contributed by atoms with Crippen LogP contribution in [0.2, 0.25) is 0 Å². The molecule has 0 aliphatic carbocycles. The van der Waals surface area contributed by atoms with Gasteiger partial charge in [-0.3, -0.25) is 4.79 Å². The molecule has 20 heavy (non-hydrogen) atoms. The molecule has 110 valence electrons. The van der Waals surface area contributed by atoms with Gasteiger partial charge in [0, 0.05) is 25.4 Å². The van der Waals surface area contributed by atoms with Gasteiger partial charge in [0.05, 0.1) is 7.11 Å². The van der Waals surface area contributed by atoms with Crippen LogP contribution in [0.15, 0.2) is 24.3 Å². The fraction of sp³-hybridized carbons (Fsp3) is 0.562. The molecule has 1 atom stereocenters. The second kappa shape index (κ2) is 7.29. The summed E-state index contributed by atoms with van der Waals surface area (Å²) in [6.45, 7) is 2.64. The van der Waals surface area contributed by atoms with Crippen LogP contribution >= 0.6 is 0 Å². The third kappa shape index (κ3) is 3.73. The van der Waals surface area contributed by atoms with Crippen molar-refractivity contribution in [2.45, 2.75) is 25.2 Å². The molecule has 4 heteroatoms. The number of carbonyl (C=O) groups is 1. The van der Waals surface area contributed by atoms with Gasteiger partial charge < -0.3 is 15.0 Å². The molecule has 1 heterocycles. The quantitative estimate of drug-likeness (QED) is 0.808. The third-order valence-corrected chi connectivity index (χ3v) is 3.95. The van der Waals surface area contributed by atoms with E-state index < -0.39 is 0 Å². The molecule has 1 aliphatic rings. The Morgan fingerprint density at radius 3 is 2.80 bits per heavy atom. The van der Waals surface area contributed by atoms with Gasteiger partial charge >= 0.3 is 0 Å². The number of hydrogen-bond donors (Lipinski definition) is 1. The third-order valence-electron chi connectivity index (χ3n) is 3.95. The van der Waals surface area contributed by atoms with E-state index in [1.807, 2.05) is 24.1 Å². The molecule has 0 spiro atoms. The lowest BCUT2D eigenvalue weighted by atomic mass is 9.98. The number of nitrogens with one attached hydrogen (secondary N) is 1. The number of amides is 1. The number of ether oxygens (including phenoxy) is 1. The molecule has 4 nitrogen and oxygen atoms in total. The molecule has 1 saturated heterocycles. The van der Waals surface area contributed by atoms with Crippen LogP contribution in [-0.2, 0) is 4.79 Å². The van der Waals surface area contributed by atoms with Gasteiger partial charge in [0.1, 0.15) is 5.75 Å². The largest absolute Gasteiger partial charge is 0.497 e. The summed E-state index contributed by atoms with van der Waals surface area (Å²) in [6, 6.07) is 8.20. The Morgan fingerprint density at radius 1 is 1.40 bits per heavy atom. The van der Waals surface area contributed by atoms with Crippen LogP contribution in [0.1, 0.15) is 30.7 Å². The first kappa shape index (κ1) is 14.9. The zero-order chi connectivity index (χ0) is 14.4. The lowest BCUT2D eigenvalue weighted by Crippen LogP contribution is -2.28. The first-order valence-corrected chi connectivity index (χ1v) is 7.31. The van der Waals surface area contributed by atoms with Gasteiger partial charge in [0.15, 0.2) is 0 Å². The molecule has 0 radical (unpaired) electrons. The Hall–Kier alpha value is -1.55. The Bertz CT molecular complexity index is 431. The lowest BCUT2D eigenvalue weighted by molar-refractivity contribution is -0.130. The normalized spacial score (nSPS) is 18.3. The van der Waals surface area contributed by atoms with E-state index in [0.717, 1.165) is 38.2 Å². The maximum atomic E-state index is 12.1. The number of likely N-dealkylation sites (tertiary alicyclic amines) is 1. The Kier molecular flexibility index (Phi) is 5.41. The summed E-state index contributed by atoms with van der Waals surface area (Å²) in [4.78, 5) is 14.1. The highest BCUT2D eigenvalue weighted by molar-refractivity contribution is 5.76. The average Bonchev–Trinajstić information content (AvgIpc) is 2.97. The number of methoxy groups -OCH3 is 1. The van der Waals surface area contributed by atoms with Crippen molar-refractivity contribution < 1.29 is 9.53 Å². The standard InChI is InChI=1S/C16H24N2O2/c1-17-10-3-4-16(19)18-11-9-14(12-18)13-5-7-15(20-2)8-6-13/h5-8,14,17H,3-4,9-12H2,1-2H3. The van der Waals surface area contributed by atoms with Gasteiger partial charge in [-0.15, -0.1) is 0 Å². The monoisotopic (exact) mass is 276 g/mol. The molecule has 2 rings (SSSR count). The van der Waals surface area contributed by atoms with Crippen LogP contribution in [0.3, 0.4) is 0 Å². The minimum absolute atomic E-state index is 0.288. The zero-order valence-corrected chi connectivity index (χ0v) is 12.4. The van der Waals surface area contributed by atoms with Crippen LogP contribution < -0.4 is 10.1 Å². The first-order valence-electron chi connectivity index (χ1n) is 7.31. The molecule has 0 aromatic heterocycles. The fourth-order valence-electron chi connectivity index (χ4n) is 2.71. The summed E-state index contributed by atoms with van der Waals surface area (Å²) >= 11 is 0.